The third kappa shape index (κ3) is 2.20. The van der Waals surface area contributed by atoms with Gasteiger partial charge in [-0.25, -0.2) is 8.78 Å². The SMILES string of the molecule is COc1ccc(-c2cc(N)no2)cc1C(F)F. The van der Waals surface area contributed by atoms with Crippen LogP contribution in [-0.4, -0.2) is 12.3 Å². The third-order valence-corrected chi connectivity index (χ3v) is 2.28. The highest BCUT2D eigenvalue weighted by Gasteiger charge is 2.16. The summed E-state index contributed by atoms with van der Waals surface area (Å²) in [6, 6.07) is 5.82. The second kappa shape index (κ2) is 4.40. The monoisotopic (exact) mass is 240 g/mol. The number of nitrogens with two attached hydrogens (primary N) is 1. The van der Waals surface area contributed by atoms with E-state index in [4.69, 9.17) is 15.0 Å². The molecule has 0 saturated carbocycles. The molecule has 0 unspecified atom stereocenters. The van der Waals surface area contributed by atoms with Crippen LogP contribution in [0.25, 0.3) is 11.3 Å². The molecule has 0 aliphatic heterocycles. The van der Waals surface area contributed by atoms with Crippen molar-refractivity contribution in [3.05, 3.63) is 29.8 Å². The predicted molar refractivity (Wildman–Crippen MR) is 57.9 cm³/mol. The molecule has 0 bridgehead atoms. The molecule has 17 heavy (non-hydrogen) atoms. The molecule has 2 N–H and O–H groups in total. The van der Waals surface area contributed by atoms with E-state index in [1.807, 2.05) is 0 Å². The lowest BCUT2D eigenvalue weighted by molar-refractivity contribution is 0.147. The van der Waals surface area contributed by atoms with E-state index in [1.165, 1.54) is 25.3 Å². The zero-order valence-corrected chi connectivity index (χ0v) is 8.98. The van der Waals surface area contributed by atoms with Gasteiger partial charge in [-0.05, 0) is 18.2 Å². The second-order valence-corrected chi connectivity index (χ2v) is 3.37. The van der Waals surface area contributed by atoms with Crippen LogP contribution in [0, 0.1) is 0 Å². The number of aromatic nitrogens is 1. The van der Waals surface area contributed by atoms with Crippen LogP contribution >= 0.6 is 0 Å². The molecule has 0 atom stereocenters. The summed E-state index contributed by atoms with van der Waals surface area (Å²) < 4.78 is 35.3. The average molecular weight is 240 g/mol. The van der Waals surface area contributed by atoms with E-state index >= 15 is 0 Å². The van der Waals surface area contributed by atoms with Crippen LogP contribution in [0.1, 0.15) is 12.0 Å². The maximum Gasteiger partial charge on any atom is 0.267 e. The highest BCUT2D eigenvalue weighted by atomic mass is 19.3. The molecule has 0 amide bonds. The summed E-state index contributed by atoms with van der Waals surface area (Å²) >= 11 is 0. The van der Waals surface area contributed by atoms with E-state index in [2.05, 4.69) is 5.16 Å². The van der Waals surface area contributed by atoms with Crippen molar-refractivity contribution in [2.75, 3.05) is 12.8 Å². The lowest BCUT2D eigenvalue weighted by Gasteiger charge is -2.08. The fourth-order valence-electron chi connectivity index (χ4n) is 1.48. The number of methoxy groups -OCH3 is 1. The van der Waals surface area contributed by atoms with E-state index in [-0.39, 0.29) is 17.1 Å². The van der Waals surface area contributed by atoms with Gasteiger partial charge < -0.3 is 15.0 Å². The van der Waals surface area contributed by atoms with Crippen molar-refractivity contribution in [3.8, 4) is 17.1 Å². The van der Waals surface area contributed by atoms with Crippen molar-refractivity contribution >= 4 is 5.82 Å². The minimum absolute atomic E-state index is 0.135. The minimum Gasteiger partial charge on any atom is -0.496 e. The number of nitrogens with zero attached hydrogens (tertiary/aromatic N) is 1. The summed E-state index contributed by atoms with van der Waals surface area (Å²) in [6.07, 6.45) is -2.62. The van der Waals surface area contributed by atoms with Gasteiger partial charge in [0.15, 0.2) is 11.6 Å². The molecular weight excluding hydrogens is 230 g/mol. The van der Waals surface area contributed by atoms with Crippen molar-refractivity contribution in [2.24, 2.45) is 0 Å². The molecule has 0 spiro atoms. The fraction of sp³-hybridized carbons (Fsp3) is 0.182. The first-order valence-electron chi connectivity index (χ1n) is 4.80. The molecule has 6 heteroatoms. The van der Waals surface area contributed by atoms with Gasteiger partial charge >= 0.3 is 0 Å². The predicted octanol–water partition coefficient (Wildman–Crippen LogP) is 2.87. The van der Waals surface area contributed by atoms with E-state index in [1.54, 1.807) is 6.07 Å². The number of rotatable bonds is 3. The quantitative estimate of drug-likeness (QED) is 0.896. The highest BCUT2D eigenvalue weighted by molar-refractivity contribution is 5.62. The molecule has 0 aliphatic carbocycles. The van der Waals surface area contributed by atoms with Crippen molar-refractivity contribution in [1.82, 2.24) is 5.16 Å². The first-order valence-corrected chi connectivity index (χ1v) is 4.80. The van der Waals surface area contributed by atoms with Gasteiger partial charge in [-0.15, -0.1) is 0 Å². The molecule has 4 nitrogen and oxygen atoms in total. The summed E-state index contributed by atoms with van der Waals surface area (Å²) in [5, 5.41) is 3.49. The number of hydrogen-bond donors (Lipinski definition) is 1. The molecule has 0 radical (unpaired) electrons. The van der Waals surface area contributed by atoms with Gasteiger partial charge in [0, 0.05) is 11.6 Å². The van der Waals surface area contributed by atoms with Gasteiger partial charge in [0.25, 0.3) is 6.43 Å². The van der Waals surface area contributed by atoms with Crippen molar-refractivity contribution < 1.29 is 18.0 Å². The van der Waals surface area contributed by atoms with Crippen molar-refractivity contribution in [1.29, 1.82) is 0 Å². The number of anilines is 1. The largest absolute Gasteiger partial charge is 0.496 e. The zero-order valence-electron chi connectivity index (χ0n) is 8.98. The molecule has 1 aromatic heterocycles. The standard InChI is InChI=1S/C11H10F2N2O2/c1-16-8-3-2-6(4-7(8)11(12)13)9-5-10(14)15-17-9/h2-5,11H,1H3,(H2,14,15). The van der Waals surface area contributed by atoms with Crippen molar-refractivity contribution in [2.45, 2.75) is 6.43 Å². The fourth-order valence-corrected chi connectivity index (χ4v) is 1.48. The Morgan fingerprint density at radius 3 is 2.65 bits per heavy atom. The third-order valence-electron chi connectivity index (χ3n) is 2.28. The van der Waals surface area contributed by atoms with Gasteiger partial charge in [0.2, 0.25) is 0 Å². The lowest BCUT2D eigenvalue weighted by atomic mass is 10.1. The van der Waals surface area contributed by atoms with Crippen LogP contribution in [0.2, 0.25) is 0 Å². The Morgan fingerprint density at radius 1 is 1.35 bits per heavy atom. The van der Waals surface area contributed by atoms with E-state index in [0.29, 0.717) is 11.3 Å². The topological polar surface area (TPSA) is 61.3 Å². The maximum absolute atomic E-state index is 12.8. The van der Waals surface area contributed by atoms with Crippen LogP contribution in [0.15, 0.2) is 28.8 Å². The van der Waals surface area contributed by atoms with Gasteiger partial charge in [-0.3, -0.25) is 0 Å². The number of ether oxygens (including phenoxy) is 1. The summed E-state index contributed by atoms with van der Waals surface area (Å²) in [7, 11) is 1.34. The maximum atomic E-state index is 12.8. The van der Waals surface area contributed by atoms with Crippen LogP contribution in [0.5, 0.6) is 5.75 Å². The summed E-state index contributed by atoms with van der Waals surface area (Å²) in [6.45, 7) is 0. The van der Waals surface area contributed by atoms with Crippen LogP contribution in [0.3, 0.4) is 0 Å². The summed E-state index contributed by atoms with van der Waals surface area (Å²) in [4.78, 5) is 0. The molecule has 90 valence electrons. The summed E-state index contributed by atoms with van der Waals surface area (Å²) in [5.74, 6) is 0.678. The van der Waals surface area contributed by atoms with Gasteiger partial charge in [0.05, 0.1) is 12.7 Å². The number of benzene rings is 1. The number of hydrogen-bond acceptors (Lipinski definition) is 4. The molecule has 0 saturated heterocycles. The van der Waals surface area contributed by atoms with Gasteiger partial charge in [0.1, 0.15) is 5.75 Å². The Hall–Kier alpha value is -2.11. The van der Waals surface area contributed by atoms with Crippen LogP contribution in [-0.2, 0) is 0 Å². The first-order chi connectivity index (χ1) is 8.11. The number of alkyl halides is 2. The Labute approximate surface area is 96.0 Å². The average Bonchev–Trinajstić information content (AvgIpc) is 2.75. The number of nitrogen functional groups attached to an aromatic ring is 1. The number of halogens is 2. The molecule has 1 heterocycles. The zero-order chi connectivity index (χ0) is 12.4. The Bertz CT molecular complexity index is 526. The van der Waals surface area contributed by atoms with Crippen LogP contribution in [0.4, 0.5) is 14.6 Å². The van der Waals surface area contributed by atoms with Crippen LogP contribution < -0.4 is 10.5 Å². The van der Waals surface area contributed by atoms with Gasteiger partial charge in [-0.2, -0.15) is 0 Å². The van der Waals surface area contributed by atoms with Gasteiger partial charge in [-0.1, -0.05) is 5.16 Å². The summed E-state index contributed by atoms with van der Waals surface area (Å²) in [5.41, 5.74) is 5.67. The molecule has 0 aliphatic rings. The molecule has 0 fully saturated rings. The van der Waals surface area contributed by atoms with E-state index in [0.717, 1.165) is 0 Å². The lowest BCUT2D eigenvalue weighted by Crippen LogP contribution is -1.92. The molecular formula is C11H10F2N2O2. The molecule has 2 rings (SSSR count). The smallest absolute Gasteiger partial charge is 0.267 e. The Morgan fingerprint density at radius 2 is 2.12 bits per heavy atom. The Balaban J connectivity index is 2.47. The van der Waals surface area contributed by atoms with Crippen molar-refractivity contribution in [3.63, 3.8) is 0 Å². The Kier molecular flexibility index (Phi) is 2.95. The molecule has 2 aromatic rings. The van der Waals surface area contributed by atoms with E-state index in [9.17, 15) is 8.78 Å². The van der Waals surface area contributed by atoms with E-state index < -0.39 is 6.43 Å². The second-order valence-electron chi connectivity index (χ2n) is 3.37. The highest BCUT2D eigenvalue weighted by Crippen LogP contribution is 2.33. The first kappa shape index (κ1) is 11.4. The minimum atomic E-state index is -2.62. The molecule has 1 aromatic carbocycles. The normalized spacial score (nSPS) is 10.8.